The van der Waals surface area contributed by atoms with E-state index in [1.54, 1.807) is 0 Å². The summed E-state index contributed by atoms with van der Waals surface area (Å²) in [6.07, 6.45) is 3.22. The maximum absolute atomic E-state index is 13.6. The van der Waals surface area contributed by atoms with E-state index in [0.717, 1.165) is 13.0 Å². The zero-order valence-electron chi connectivity index (χ0n) is 9.47. The summed E-state index contributed by atoms with van der Waals surface area (Å²) in [6.45, 7) is 2.68. The summed E-state index contributed by atoms with van der Waals surface area (Å²) in [5.41, 5.74) is 0.205. The topological polar surface area (TPSA) is 12.0 Å². The highest BCUT2D eigenvalue weighted by atomic mass is 19.1. The van der Waals surface area contributed by atoms with Gasteiger partial charge in [0.15, 0.2) is 0 Å². The number of nitrogens with one attached hydrogen (secondary N) is 1. The molecule has 1 aromatic carbocycles. The number of benzene rings is 1. The highest BCUT2D eigenvalue weighted by Crippen LogP contribution is 2.38. The van der Waals surface area contributed by atoms with E-state index in [2.05, 4.69) is 5.32 Å². The summed E-state index contributed by atoms with van der Waals surface area (Å²) in [5, 5.41) is 3.17. The predicted octanol–water partition coefficient (Wildman–Crippen LogP) is 3.42. The minimum absolute atomic E-state index is 0.182. The third-order valence-corrected chi connectivity index (χ3v) is 3.06. The molecule has 0 bridgehead atoms. The third-order valence-electron chi connectivity index (χ3n) is 3.06. The molecule has 1 atom stereocenters. The van der Waals surface area contributed by atoms with Crippen molar-refractivity contribution in [3.05, 3.63) is 35.4 Å². The van der Waals surface area contributed by atoms with Crippen molar-refractivity contribution >= 4 is 0 Å². The maximum Gasteiger partial charge on any atom is 0.130 e. The smallest absolute Gasteiger partial charge is 0.130 e. The van der Waals surface area contributed by atoms with Gasteiger partial charge < -0.3 is 5.32 Å². The molecule has 16 heavy (non-hydrogen) atoms. The van der Waals surface area contributed by atoms with Crippen molar-refractivity contribution in [3.8, 4) is 0 Å². The van der Waals surface area contributed by atoms with E-state index < -0.39 is 11.6 Å². The molecular formula is C13H17F2N. The van der Waals surface area contributed by atoms with Gasteiger partial charge in [0.1, 0.15) is 11.6 Å². The van der Waals surface area contributed by atoms with Crippen LogP contribution in [-0.2, 0) is 0 Å². The first-order chi connectivity index (χ1) is 7.72. The van der Waals surface area contributed by atoms with Crippen LogP contribution in [0.15, 0.2) is 18.2 Å². The van der Waals surface area contributed by atoms with E-state index in [4.69, 9.17) is 0 Å². The summed E-state index contributed by atoms with van der Waals surface area (Å²) >= 11 is 0. The van der Waals surface area contributed by atoms with E-state index >= 15 is 0 Å². The first-order valence-electron chi connectivity index (χ1n) is 5.89. The van der Waals surface area contributed by atoms with Gasteiger partial charge in [0, 0.05) is 11.6 Å². The molecule has 0 aromatic heterocycles. The highest BCUT2D eigenvalue weighted by molar-refractivity contribution is 5.23. The summed E-state index contributed by atoms with van der Waals surface area (Å²) in [5.74, 6) is -0.235. The standard InChI is InChI=1S/C13H17F2N/c1-2-16-12(8-9-6-7-9)13-10(14)4-3-5-11(13)15/h3-5,9,12,16H,2,6-8H2,1H3. The Morgan fingerprint density at radius 2 is 1.94 bits per heavy atom. The lowest BCUT2D eigenvalue weighted by molar-refractivity contribution is 0.438. The molecule has 1 aliphatic carbocycles. The second-order valence-corrected chi connectivity index (χ2v) is 4.42. The Morgan fingerprint density at radius 1 is 1.31 bits per heavy atom. The van der Waals surface area contributed by atoms with Crippen LogP contribution in [0.25, 0.3) is 0 Å². The monoisotopic (exact) mass is 225 g/mol. The second-order valence-electron chi connectivity index (χ2n) is 4.42. The lowest BCUT2D eigenvalue weighted by Crippen LogP contribution is -2.23. The number of halogens is 2. The summed E-state index contributed by atoms with van der Waals surface area (Å²) in [7, 11) is 0. The normalized spacial score (nSPS) is 17.4. The van der Waals surface area contributed by atoms with E-state index in [-0.39, 0.29) is 11.6 Å². The number of hydrogen-bond donors (Lipinski definition) is 1. The largest absolute Gasteiger partial charge is 0.310 e. The van der Waals surface area contributed by atoms with E-state index in [1.807, 2.05) is 6.92 Å². The fourth-order valence-electron chi connectivity index (χ4n) is 2.08. The molecule has 0 radical (unpaired) electrons. The van der Waals surface area contributed by atoms with Crippen molar-refractivity contribution in [1.82, 2.24) is 5.32 Å². The first kappa shape index (κ1) is 11.5. The van der Waals surface area contributed by atoms with Gasteiger partial charge >= 0.3 is 0 Å². The Morgan fingerprint density at radius 3 is 2.44 bits per heavy atom. The van der Waals surface area contributed by atoms with Crippen molar-refractivity contribution < 1.29 is 8.78 Å². The van der Waals surface area contributed by atoms with Crippen molar-refractivity contribution in [2.75, 3.05) is 6.54 Å². The Labute approximate surface area is 94.9 Å². The van der Waals surface area contributed by atoms with Gasteiger partial charge in [-0.05, 0) is 31.0 Å². The molecule has 1 unspecified atom stereocenters. The van der Waals surface area contributed by atoms with Crippen LogP contribution in [0.1, 0.15) is 37.8 Å². The van der Waals surface area contributed by atoms with Gasteiger partial charge in [-0.15, -0.1) is 0 Å². The highest BCUT2D eigenvalue weighted by Gasteiger charge is 2.28. The fourth-order valence-corrected chi connectivity index (χ4v) is 2.08. The molecule has 0 spiro atoms. The Bertz CT molecular complexity index is 341. The van der Waals surface area contributed by atoms with Crippen LogP contribution in [0.5, 0.6) is 0 Å². The van der Waals surface area contributed by atoms with Crippen LogP contribution in [0.2, 0.25) is 0 Å². The van der Waals surface area contributed by atoms with Gasteiger partial charge in [0.25, 0.3) is 0 Å². The Kier molecular flexibility index (Phi) is 3.54. The van der Waals surface area contributed by atoms with E-state index in [9.17, 15) is 8.78 Å². The molecule has 2 rings (SSSR count). The van der Waals surface area contributed by atoms with Crippen molar-refractivity contribution in [2.24, 2.45) is 5.92 Å². The van der Waals surface area contributed by atoms with E-state index in [0.29, 0.717) is 5.92 Å². The van der Waals surface area contributed by atoms with Gasteiger partial charge in [0.2, 0.25) is 0 Å². The molecule has 1 aliphatic rings. The minimum atomic E-state index is -0.438. The molecule has 88 valence electrons. The molecule has 1 saturated carbocycles. The van der Waals surface area contributed by atoms with Crippen LogP contribution in [-0.4, -0.2) is 6.54 Å². The van der Waals surface area contributed by atoms with Crippen LogP contribution < -0.4 is 5.32 Å². The molecule has 0 amide bonds. The number of rotatable bonds is 5. The lowest BCUT2D eigenvalue weighted by atomic mass is 10.00. The predicted molar refractivity (Wildman–Crippen MR) is 60.1 cm³/mol. The van der Waals surface area contributed by atoms with Crippen molar-refractivity contribution in [3.63, 3.8) is 0 Å². The third kappa shape index (κ3) is 2.59. The second kappa shape index (κ2) is 4.91. The number of hydrogen-bond acceptors (Lipinski definition) is 1. The van der Waals surface area contributed by atoms with Gasteiger partial charge in [-0.25, -0.2) is 8.78 Å². The van der Waals surface area contributed by atoms with Crippen LogP contribution in [0.4, 0.5) is 8.78 Å². The van der Waals surface area contributed by atoms with Gasteiger partial charge in [-0.2, -0.15) is 0 Å². The van der Waals surface area contributed by atoms with Gasteiger partial charge in [-0.3, -0.25) is 0 Å². The van der Waals surface area contributed by atoms with E-state index in [1.165, 1.54) is 31.0 Å². The average Bonchev–Trinajstić information content (AvgIpc) is 3.01. The molecule has 3 heteroatoms. The van der Waals surface area contributed by atoms with Crippen LogP contribution >= 0.6 is 0 Å². The van der Waals surface area contributed by atoms with Crippen LogP contribution in [0.3, 0.4) is 0 Å². The molecule has 1 nitrogen and oxygen atoms in total. The zero-order valence-corrected chi connectivity index (χ0v) is 9.47. The van der Waals surface area contributed by atoms with Gasteiger partial charge in [0.05, 0.1) is 0 Å². The molecule has 0 saturated heterocycles. The minimum Gasteiger partial charge on any atom is -0.310 e. The molecule has 0 aliphatic heterocycles. The maximum atomic E-state index is 13.6. The SMILES string of the molecule is CCNC(CC1CC1)c1c(F)cccc1F. The van der Waals surface area contributed by atoms with Crippen molar-refractivity contribution in [1.29, 1.82) is 0 Å². The summed E-state index contributed by atoms with van der Waals surface area (Å²) < 4.78 is 27.2. The van der Waals surface area contributed by atoms with Gasteiger partial charge in [-0.1, -0.05) is 25.8 Å². The Hall–Kier alpha value is -0.960. The molecular weight excluding hydrogens is 208 g/mol. The first-order valence-corrected chi connectivity index (χ1v) is 5.89. The molecule has 1 fully saturated rings. The quantitative estimate of drug-likeness (QED) is 0.809. The Balaban J connectivity index is 2.21. The molecule has 1 aromatic rings. The lowest BCUT2D eigenvalue weighted by Gasteiger charge is -2.19. The summed E-state index contributed by atoms with van der Waals surface area (Å²) in [6, 6.07) is 3.89. The molecule has 0 heterocycles. The van der Waals surface area contributed by atoms with Crippen LogP contribution in [0, 0.1) is 17.6 Å². The fraction of sp³-hybridized carbons (Fsp3) is 0.538. The summed E-state index contributed by atoms with van der Waals surface area (Å²) in [4.78, 5) is 0. The average molecular weight is 225 g/mol. The zero-order chi connectivity index (χ0) is 11.5. The van der Waals surface area contributed by atoms with Crippen molar-refractivity contribution in [2.45, 2.75) is 32.2 Å². The molecule has 1 N–H and O–H groups in total.